The van der Waals surface area contributed by atoms with Crippen molar-refractivity contribution in [1.29, 1.82) is 0 Å². The Hall–Kier alpha value is -3.74. The van der Waals surface area contributed by atoms with E-state index in [0.29, 0.717) is 24.2 Å². The summed E-state index contributed by atoms with van der Waals surface area (Å²) in [5.74, 6) is 0.0295. The highest BCUT2D eigenvalue weighted by atomic mass is 32.2. The number of hydrogen-bond acceptors (Lipinski definition) is 7. The number of carbonyl (C=O) groups is 1. The maximum Gasteiger partial charge on any atom is 0.433 e. The monoisotopic (exact) mass is 506 g/mol. The molecule has 1 saturated heterocycles. The van der Waals surface area contributed by atoms with Crippen molar-refractivity contribution in [3.8, 4) is 11.4 Å². The smallest absolute Gasteiger partial charge is 0.354 e. The summed E-state index contributed by atoms with van der Waals surface area (Å²) < 4.78 is 63.9. The van der Waals surface area contributed by atoms with E-state index < -0.39 is 27.7 Å². The second-order valence-corrected chi connectivity index (χ2v) is 10.0. The van der Waals surface area contributed by atoms with Crippen molar-refractivity contribution in [2.75, 3.05) is 29.6 Å². The third-order valence-corrected chi connectivity index (χ3v) is 6.42. The number of pyridine rings is 1. The Balaban J connectivity index is 1.47. The summed E-state index contributed by atoms with van der Waals surface area (Å²) in [6, 6.07) is 8.85. The Morgan fingerprint density at radius 1 is 1.11 bits per heavy atom. The first-order valence-corrected chi connectivity index (χ1v) is 12.4. The Morgan fingerprint density at radius 2 is 1.86 bits per heavy atom. The first-order valence-electron chi connectivity index (χ1n) is 10.5. The van der Waals surface area contributed by atoms with E-state index in [1.807, 2.05) is 0 Å². The zero-order valence-corrected chi connectivity index (χ0v) is 19.3. The van der Waals surface area contributed by atoms with Gasteiger partial charge in [0.25, 0.3) is 0 Å². The third-order valence-electron chi connectivity index (χ3n) is 5.31. The van der Waals surface area contributed by atoms with E-state index >= 15 is 0 Å². The number of urea groups is 1. The first kappa shape index (κ1) is 24.4. The van der Waals surface area contributed by atoms with Gasteiger partial charge in [-0.3, -0.25) is 4.98 Å². The van der Waals surface area contributed by atoms with Crippen LogP contribution in [-0.2, 0) is 16.0 Å². The number of hydrogen-bond donors (Lipinski definition) is 2. The van der Waals surface area contributed by atoms with Crippen LogP contribution in [0.4, 0.5) is 29.5 Å². The van der Waals surface area contributed by atoms with Gasteiger partial charge >= 0.3 is 12.2 Å². The van der Waals surface area contributed by atoms with Crippen LogP contribution in [0, 0.1) is 0 Å². The molecule has 3 aromatic rings. The second kappa shape index (κ2) is 9.49. The minimum atomic E-state index is -4.66. The number of aromatic nitrogens is 3. The number of carbonyl (C=O) groups excluding carboxylic acids is 1. The van der Waals surface area contributed by atoms with E-state index in [2.05, 4.69) is 25.6 Å². The molecule has 1 unspecified atom stereocenters. The molecule has 13 heteroatoms. The number of nitrogens with zero attached hydrogens (tertiary/aromatic N) is 4. The highest BCUT2D eigenvalue weighted by Gasteiger charge is 2.35. The van der Waals surface area contributed by atoms with Crippen molar-refractivity contribution in [2.24, 2.45) is 0 Å². The lowest BCUT2D eigenvalue weighted by Crippen LogP contribution is -2.39. The highest BCUT2D eigenvalue weighted by Crippen LogP contribution is 2.32. The molecule has 184 valence electrons. The third kappa shape index (κ3) is 6.04. The minimum Gasteiger partial charge on any atom is -0.354 e. The fraction of sp³-hybridized carbons (Fsp3) is 0.273. The van der Waals surface area contributed by atoms with E-state index in [0.717, 1.165) is 12.3 Å². The zero-order chi connectivity index (χ0) is 25.2. The van der Waals surface area contributed by atoms with Gasteiger partial charge in [0.2, 0.25) is 0 Å². The molecular weight excluding hydrogens is 485 g/mol. The maximum absolute atomic E-state index is 13.5. The molecule has 9 nitrogen and oxygen atoms in total. The predicted molar refractivity (Wildman–Crippen MR) is 123 cm³/mol. The SMILES string of the molecule is CS(=O)(=O)c1cccc(NC(=O)NC2CCN(c3cc(C(F)(F)F)nc(-c4ccncc4)n3)C2)c1. The van der Waals surface area contributed by atoms with Gasteiger partial charge in [-0.25, -0.2) is 23.2 Å². The lowest BCUT2D eigenvalue weighted by atomic mass is 10.2. The second-order valence-electron chi connectivity index (χ2n) is 8.00. The predicted octanol–water partition coefficient (Wildman–Crippen LogP) is 3.36. The molecule has 2 amide bonds. The lowest BCUT2D eigenvalue weighted by molar-refractivity contribution is -0.141. The number of nitrogens with one attached hydrogen (secondary N) is 2. The molecule has 4 rings (SSSR count). The van der Waals surface area contributed by atoms with Gasteiger partial charge in [0.1, 0.15) is 5.82 Å². The number of sulfone groups is 1. The van der Waals surface area contributed by atoms with Crippen molar-refractivity contribution < 1.29 is 26.4 Å². The largest absolute Gasteiger partial charge is 0.433 e. The fourth-order valence-electron chi connectivity index (χ4n) is 3.61. The highest BCUT2D eigenvalue weighted by molar-refractivity contribution is 7.90. The molecule has 1 aromatic carbocycles. The summed E-state index contributed by atoms with van der Waals surface area (Å²) in [5, 5.41) is 5.34. The molecule has 0 aliphatic carbocycles. The number of anilines is 2. The quantitative estimate of drug-likeness (QED) is 0.545. The van der Waals surface area contributed by atoms with Crippen molar-refractivity contribution >= 4 is 27.4 Å². The summed E-state index contributed by atoms with van der Waals surface area (Å²) in [7, 11) is -3.43. The fourth-order valence-corrected chi connectivity index (χ4v) is 4.28. The maximum atomic E-state index is 13.5. The molecule has 35 heavy (non-hydrogen) atoms. The average Bonchev–Trinajstić information content (AvgIpc) is 3.27. The zero-order valence-electron chi connectivity index (χ0n) is 18.5. The number of benzene rings is 1. The van der Waals surface area contributed by atoms with Gasteiger partial charge in [0, 0.05) is 55.1 Å². The van der Waals surface area contributed by atoms with Crippen LogP contribution in [-0.4, -0.2) is 54.8 Å². The van der Waals surface area contributed by atoms with E-state index in [1.54, 1.807) is 11.0 Å². The first-order chi connectivity index (χ1) is 16.5. The van der Waals surface area contributed by atoms with Gasteiger partial charge in [-0.15, -0.1) is 0 Å². The van der Waals surface area contributed by atoms with Crippen LogP contribution in [0.25, 0.3) is 11.4 Å². The van der Waals surface area contributed by atoms with E-state index in [1.165, 1.54) is 42.7 Å². The van der Waals surface area contributed by atoms with Crippen LogP contribution in [0.3, 0.4) is 0 Å². The van der Waals surface area contributed by atoms with E-state index in [-0.39, 0.29) is 29.1 Å². The van der Waals surface area contributed by atoms with Crippen molar-refractivity contribution in [3.63, 3.8) is 0 Å². The van der Waals surface area contributed by atoms with Gasteiger partial charge in [-0.2, -0.15) is 13.2 Å². The molecule has 0 radical (unpaired) electrons. The Labute approximate surface area is 199 Å². The Kier molecular flexibility index (Phi) is 6.61. The molecule has 1 atom stereocenters. The normalized spacial score (nSPS) is 16.2. The Bertz CT molecular complexity index is 1340. The summed E-state index contributed by atoms with van der Waals surface area (Å²) in [6.07, 6.45) is -0.224. The summed E-state index contributed by atoms with van der Waals surface area (Å²) in [6.45, 7) is 0.611. The van der Waals surface area contributed by atoms with Crippen LogP contribution < -0.4 is 15.5 Å². The Morgan fingerprint density at radius 3 is 2.54 bits per heavy atom. The van der Waals surface area contributed by atoms with Gasteiger partial charge < -0.3 is 15.5 Å². The molecule has 3 heterocycles. The van der Waals surface area contributed by atoms with E-state index in [9.17, 15) is 26.4 Å². The number of rotatable bonds is 5. The minimum absolute atomic E-state index is 0.0663. The van der Waals surface area contributed by atoms with Crippen LogP contribution in [0.2, 0.25) is 0 Å². The van der Waals surface area contributed by atoms with Crippen LogP contribution in [0.15, 0.2) is 59.8 Å². The average molecular weight is 507 g/mol. The van der Waals surface area contributed by atoms with Crippen LogP contribution in [0.1, 0.15) is 12.1 Å². The molecule has 2 aromatic heterocycles. The van der Waals surface area contributed by atoms with Gasteiger partial charge in [-0.1, -0.05) is 6.07 Å². The number of amides is 2. The van der Waals surface area contributed by atoms with Crippen molar-refractivity contribution in [1.82, 2.24) is 20.3 Å². The number of alkyl halides is 3. The van der Waals surface area contributed by atoms with Crippen molar-refractivity contribution in [2.45, 2.75) is 23.5 Å². The summed E-state index contributed by atoms with van der Waals surface area (Å²) in [5.41, 5.74) is -0.362. The molecule has 1 aliphatic heterocycles. The number of halogens is 3. The van der Waals surface area contributed by atoms with E-state index in [4.69, 9.17) is 0 Å². The topological polar surface area (TPSA) is 117 Å². The molecule has 0 spiro atoms. The van der Waals surface area contributed by atoms with Gasteiger partial charge in [-0.05, 0) is 36.8 Å². The summed E-state index contributed by atoms with van der Waals surface area (Å²) >= 11 is 0. The molecule has 0 bridgehead atoms. The molecule has 0 saturated carbocycles. The van der Waals surface area contributed by atoms with Gasteiger partial charge in [0.05, 0.1) is 4.90 Å². The van der Waals surface area contributed by atoms with Gasteiger partial charge in [0.15, 0.2) is 21.4 Å². The van der Waals surface area contributed by atoms with Crippen molar-refractivity contribution in [3.05, 3.63) is 60.6 Å². The van der Waals surface area contributed by atoms with Crippen LogP contribution >= 0.6 is 0 Å². The molecule has 1 fully saturated rings. The summed E-state index contributed by atoms with van der Waals surface area (Å²) in [4.78, 5) is 26.0. The molecule has 2 N–H and O–H groups in total. The lowest BCUT2D eigenvalue weighted by Gasteiger charge is -2.20. The van der Waals surface area contributed by atoms with Crippen LogP contribution in [0.5, 0.6) is 0 Å². The molecular formula is C22H21F3N6O3S. The standard InChI is InChI=1S/C22H21F3N6O3S/c1-35(33,34)17-4-2-3-15(11-17)27-21(32)28-16-7-10-31(13-16)19-12-18(22(23,24)25)29-20(30-19)14-5-8-26-9-6-14/h2-6,8-9,11-12,16H,7,10,13H2,1H3,(H2,27,28,32). The molecule has 1 aliphatic rings.